The Labute approximate surface area is 212 Å². The van der Waals surface area contributed by atoms with Crippen LogP contribution >= 0.6 is 24.0 Å². The van der Waals surface area contributed by atoms with Gasteiger partial charge in [-0.15, -0.1) is 24.0 Å². The minimum atomic E-state index is 0. The SMILES string of the molecule is CN=C(NCc1ccc2c(c1)OCCCO2)NC1CCN(c2cc(OC)cc(OC)c2)C1.I. The molecule has 0 spiro atoms. The number of methoxy groups -OCH3 is 2. The predicted octanol–water partition coefficient (Wildman–Crippen LogP) is 3.43. The van der Waals surface area contributed by atoms with Crippen molar-refractivity contribution in [1.29, 1.82) is 0 Å². The fourth-order valence-electron chi connectivity index (χ4n) is 3.98. The summed E-state index contributed by atoms with van der Waals surface area (Å²) in [7, 11) is 5.14. The van der Waals surface area contributed by atoms with Crippen LogP contribution in [0.15, 0.2) is 41.4 Å². The van der Waals surface area contributed by atoms with Crippen LogP contribution < -0.4 is 34.5 Å². The molecular formula is C24H33IN4O4. The quantitative estimate of drug-likeness (QED) is 0.314. The second kappa shape index (κ2) is 12.1. The average Bonchev–Trinajstić information content (AvgIpc) is 3.17. The molecule has 180 valence electrons. The van der Waals surface area contributed by atoms with E-state index in [9.17, 15) is 0 Å². The molecule has 33 heavy (non-hydrogen) atoms. The molecule has 0 bridgehead atoms. The van der Waals surface area contributed by atoms with Gasteiger partial charge < -0.3 is 34.5 Å². The van der Waals surface area contributed by atoms with Crippen LogP contribution in [-0.2, 0) is 6.54 Å². The Balaban J connectivity index is 0.00000306. The Morgan fingerprint density at radius 2 is 1.79 bits per heavy atom. The lowest BCUT2D eigenvalue weighted by Crippen LogP contribution is -2.44. The van der Waals surface area contributed by atoms with E-state index in [0.717, 1.165) is 66.1 Å². The molecule has 1 saturated heterocycles. The van der Waals surface area contributed by atoms with Gasteiger partial charge >= 0.3 is 0 Å². The Morgan fingerprint density at radius 3 is 2.48 bits per heavy atom. The molecule has 2 N–H and O–H groups in total. The molecule has 2 aromatic carbocycles. The Morgan fingerprint density at radius 1 is 1.06 bits per heavy atom. The van der Waals surface area contributed by atoms with Gasteiger partial charge in [0.15, 0.2) is 17.5 Å². The lowest BCUT2D eigenvalue weighted by atomic mass is 10.2. The number of aliphatic imine (C=N–C) groups is 1. The van der Waals surface area contributed by atoms with Crippen molar-refractivity contribution in [3.8, 4) is 23.0 Å². The number of nitrogens with one attached hydrogen (secondary N) is 2. The third-order valence-corrected chi connectivity index (χ3v) is 5.73. The summed E-state index contributed by atoms with van der Waals surface area (Å²) in [5, 5.41) is 6.95. The van der Waals surface area contributed by atoms with Gasteiger partial charge in [0.25, 0.3) is 0 Å². The van der Waals surface area contributed by atoms with E-state index in [1.54, 1.807) is 21.3 Å². The lowest BCUT2D eigenvalue weighted by Gasteiger charge is -2.21. The van der Waals surface area contributed by atoms with E-state index < -0.39 is 0 Å². The fourth-order valence-corrected chi connectivity index (χ4v) is 3.98. The van der Waals surface area contributed by atoms with Crippen LogP contribution in [0.4, 0.5) is 5.69 Å². The van der Waals surface area contributed by atoms with Gasteiger partial charge in [-0.25, -0.2) is 0 Å². The van der Waals surface area contributed by atoms with Gasteiger partial charge in [0.05, 0.1) is 27.4 Å². The summed E-state index contributed by atoms with van der Waals surface area (Å²) >= 11 is 0. The summed E-state index contributed by atoms with van der Waals surface area (Å²) in [6, 6.07) is 12.3. The first-order chi connectivity index (χ1) is 15.7. The molecule has 0 aliphatic carbocycles. The number of guanidine groups is 1. The van der Waals surface area contributed by atoms with Crippen LogP contribution in [0.25, 0.3) is 0 Å². The monoisotopic (exact) mass is 568 g/mol. The molecule has 4 rings (SSSR count). The number of ether oxygens (including phenoxy) is 4. The first-order valence-corrected chi connectivity index (χ1v) is 11.0. The highest BCUT2D eigenvalue weighted by Crippen LogP contribution is 2.31. The van der Waals surface area contributed by atoms with Gasteiger partial charge in [-0.2, -0.15) is 0 Å². The van der Waals surface area contributed by atoms with E-state index in [1.165, 1.54) is 0 Å². The summed E-state index contributed by atoms with van der Waals surface area (Å²) in [5.41, 5.74) is 2.22. The number of fused-ring (bicyclic) bond motifs is 1. The van der Waals surface area contributed by atoms with Crippen molar-refractivity contribution in [3.05, 3.63) is 42.0 Å². The molecule has 2 aliphatic rings. The number of benzene rings is 2. The minimum absolute atomic E-state index is 0. The van der Waals surface area contributed by atoms with Crippen LogP contribution in [0.1, 0.15) is 18.4 Å². The first kappa shape index (κ1) is 25.1. The molecule has 2 aliphatic heterocycles. The zero-order valence-corrected chi connectivity index (χ0v) is 21.8. The van der Waals surface area contributed by atoms with E-state index >= 15 is 0 Å². The average molecular weight is 568 g/mol. The summed E-state index contributed by atoms with van der Waals surface area (Å²) in [6.07, 6.45) is 1.92. The van der Waals surface area contributed by atoms with Crippen molar-refractivity contribution >= 4 is 35.6 Å². The number of hydrogen-bond acceptors (Lipinski definition) is 6. The third kappa shape index (κ3) is 6.49. The van der Waals surface area contributed by atoms with Crippen LogP contribution in [0.5, 0.6) is 23.0 Å². The Hall–Kier alpha value is -2.56. The van der Waals surface area contributed by atoms with Gasteiger partial charge in [0, 0.05) is 63.0 Å². The van der Waals surface area contributed by atoms with E-state index in [2.05, 4.69) is 26.6 Å². The van der Waals surface area contributed by atoms with E-state index in [1.807, 2.05) is 30.3 Å². The maximum atomic E-state index is 5.79. The van der Waals surface area contributed by atoms with Gasteiger partial charge in [-0.05, 0) is 24.1 Å². The smallest absolute Gasteiger partial charge is 0.191 e. The van der Waals surface area contributed by atoms with E-state index in [4.69, 9.17) is 18.9 Å². The highest BCUT2D eigenvalue weighted by Gasteiger charge is 2.24. The normalized spacial score (nSPS) is 17.6. The van der Waals surface area contributed by atoms with E-state index in [-0.39, 0.29) is 24.0 Å². The largest absolute Gasteiger partial charge is 0.497 e. The van der Waals surface area contributed by atoms with Gasteiger partial charge in [-0.3, -0.25) is 4.99 Å². The summed E-state index contributed by atoms with van der Waals surface area (Å²) in [4.78, 5) is 6.73. The number of nitrogens with zero attached hydrogens (tertiary/aromatic N) is 2. The van der Waals surface area contributed by atoms with Crippen LogP contribution in [-0.4, -0.2) is 59.6 Å². The number of halogens is 1. The molecule has 0 radical (unpaired) electrons. The zero-order chi connectivity index (χ0) is 22.3. The maximum Gasteiger partial charge on any atom is 0.191 e. The van der Waals surface area contributed by atoms with Crippen LogP contribution in [0.3, 0.4) is 0 Å². The zero-order valence-electron chi connectivity index (χ0n) is 19.4. The van der Waals surface area contributed by atoms with Crippen molar-refractivity contribution in [3.63, 3.8) is 0 Å². The molecular weight excluding hydrogens is 535 g/mol. The third-order valence-electron chi connectivity index (χ3n) is 5.73. The van der Waals surface area contributed by atoms with Gasteiger partial charge in [0.1, 0.15) is 11.5 Å². The predicted molar refractivity (Wildman–Crippen MR) is 141 cm³/mol. The maximum absolute atomic E-state index is 5.79. The van der Waals surface area contributed by atoms with Crippen molar-refractivity contribution in [2.45, 2.75) is 25.4 Å². The molecule has 1 atom stereocenters. The van der Waals surface area contributed by atoms with Crippen molar-refractivity contribution in [2.75, 3.05) is 52.5 Å². The fraction of sp³-hybridized carbons (Fsp3) is 0.458. The standard InChI is InChI=1S/C24H32N4O4.HI/c1-25-24(26-15-17-5-6-22-23(11-17)32-10-4-9-31-22)27-18-7-8-28(16-18)19-12-20(29-2)14-21(13-19)30-3;/h5-6,11-14,18H,4,7-10,15-16H2,1-3H3,(H2,25,26,27);1H. The molecule has 2 aromatic rings. The lowest BCUT2D eigenvalue weighted by molar-refractivity contribution is 0.297. The first-order valence-electron chi connectivity index (χ1n) is 11.0. The van der Waals surface area contributed by atoms with Gasteiger partial charge in [-0.1, -0.05) is 6.07 Å². The van der Waals surface area contributed by atoms with Crippen molar-refractivity contribution in [2.24, 2.45) is 4.99 Å². The van der Waals surface area contributed by atoms with Crippen LogP contribution in [0.2, 0.25) is 0 Å². The minimum Gasteiger partial charge on any atom is -0.497 e. The van der Waals surface area contributed by atoms with E-state index in [0.29, 0.717) is 25.8 Å². The highest BCUT2D eigenvalue weighted by molar-refractivity contribution is 14.0. The summed E-state index contributed by atoms with van der Waals surface area (Å²) in [5.74, 6) is 4.00. The summed E-state index contributed by atoms with van der Waals surface area (Å²) in [6.45, 7) is 3.86. The number of rotatable bonds is 6. The Kier molecular flexibility index (Phi) is 9.16. The molecule has 8 nitrogen and oxygen atoms in total. The molecule has 2 heterocycles. The second-order valence-electron chi connectivity index (χ2n) is 7.90. The van der Waals surface area contributed by atoms with Crippen molar-refractivity contribution < 1.29 is 18.9 Å². The Bertz CT molecular complexity index is 934. The second-order valence-corrected chi connectivity index (χ2v) is 7.90. The molecule has 0 aromatic heterocycles. The highest BCUT2D eigenvalue weighted by atomic mass is 127. The molecule has 0 amide bonds. The summed E-state index contributed by atoms with van der Waals surface area (Å²) < 4.78 is 22.3. The molecule has 1 fully saturated rings. The molecule has 1 unspecified atom stereocenters. The number of hydrogen-bond donors (Lipinski definition) is 2. The number of anilines is 1. The molecule has 9 heteroatoms. The van der Waals surface area contributed by atoms with Crippen LogP contribution in [0, 0.1) is 0 Å². The van der Waals surface area contributed by atoms with Crippen molar-refractivity contribution in [1.82, 2.24) is 10.6 Å². The van der Waals surface area contributed by atoms with Gasteiger partial charge in [0.2, 0.25) is 0 Å². The topological polar surface area (TPSA) is 76.6 Å². The molecule has 0 saturated carbocycles.